The van der Waals surface area contributed by atoms with Crippen molar-refractivity contribution in [1.82, 2.24) is 30.2 Å². The molecular weight excluding hydrogens is 375 g/mol. The molecule has 2 aliphatic heterocycles. The van der Waals surface area contributed by atoms with E-state index in [2.05, 4.69) is 20.4 Å². The number of H-pyrrole nitrogens is 2. The zero-order chi connectivity index (χ0) is 20.0. The molecule has 4 heterocycles. The normalized spacial score (nSPS) is 23.4. The van der Waals surface area contributed by atoms with E-state index in [0.717, 1.165) is 5.56 Å². The number of nitrogens with one attached hydrogen (secondary N) is 2. The van der Waals surface area contributed by atoms with Gasteiger partial charge in [0.25, 0.3) is 11.8 Å². The summed E-state index contributed by atoms with van der Waals surface area (Å²) in [4.78, 5) is 32.3. The van der Waals surface area contributed by atoms with Gasteiger partial charge in [0.05, 0.1) is 12.2 Å². The fourth-order valence-corrected chi connectivity index (χ4v) is 4.62. The lowest BCUT2D eigenvalue weighted by molar-refractivity contribution is 0.0671. The van der Waals surface area contributed by atoms with Crippen molar-refractivity contribution in [3.63, 3.8) is 0 Å². The van der Waals surface area contributed by atoms with Crippen molar-refractivity contribution in [3.05, 3.63) is 71.6 Å². The van der Waals surface area contributed by atoms with Crippen LogP contribution >= 0.6 is 0 Å². The van der Waals surface area contributed by atoms with E-state index < -0.39 is 0 Å². The monoisotopic (exact) mass is 394 g/mol. The number of aromatic amines is 2. The van der Waals surface area contributed by atoms with Gasteiger partial charge in [0.2, 0.25) is 0 Å². The summed E-state index contributed by atoms with van der Waals surface area (Å²) in [5, 5.41) is 10.0. The third kappa shape index (κ3) is 2.98. The first-order valence-corrected chi connectivity index (χ1v) is 9.46. The predicted octanol–water partition coefficient (Wildman–Crippen LogP) is 1.86. The van der Waals surface area contributed by atoms with Crippen molar-refractivity contribution in [2.75, 3.05) is 19.6 Å². The van der Waals surface area contributed by atoms with Crippen molar-refractivity contribution >= 4 is 11.8 Å². The Morgan fingerprint density at radius 2 is 2.00 bits per heavy atom. The predicted molar refractivity (Wildman–Crippen MR) is 100 cm³/mol. The molecule has 2 N–H and O–H groups in total. The van der Waals surface area contributed by atoms with Crippen LogP contribution in [0.1, 0.15) is 32.6 Å². The summed E-state index contributed by atoms with van der Waals surface area (Å²) < 4.78 is 14.0. The standard InChI is InChI=1S/C20H19FN6O2/c21-14-4-1-3-12(7-14)18-15-11-26(19(28)17-8-23-25-24-17)9-13(15)10-27(18)20(29)16-5-2-6-22-16/h1-8,13,15,18,22H,9-11H2,(H,23,24,25)/t13-,15-,18+/m0/s1. The largest absolute Gasteiger partial charge is 0.357 e. The molecular formula is C20H19FN6O2. The first kappa shape index (κ1) is 17.6. The van der Waals surface area contributed by atoms with Crippen LogP contribution in [0.25, 0.3) is 0 Å². The van der Waals surface area contributed by atoms with Gasteiger partial charge in [0.1, 0.15) is 11.5 Å². The maximum absolute atomic E-state index is 14.0. The fraction of sp³-hybridized carbons (Fsp3) is 0.300. The van der Waals surface area contributed by atoms with Gasteiger partial charge >= 0.3 is 0 Å². The Balaban J connectivity index is 1.46. The number of carbonyl (C=O) groups is 2. The highest BCUT2D eigenvalue weighted by Gasteiger charge is 2.50. The van der Waals surface area contributed by atoms with E-state index in [4.69, 9.17) is 0 Å². The van der Waals surface area contributed by atoms with Gasteiger partial charge in [-0.05, 0) is 29.8 Å². The Morgan fingerprint density at radius 3 is 2.72 bits per heavy atom. The molecule has 8 nitrogen and oxygen atoms in total. The average molecular weight is 394 g/mol. The van der Waals surface area contributed by atoms with Gasteiger partial charge in [-0.25, -0.2) is 4.39 Å². The van der Waals surface area contributed by atoms with Crippen LogP contribution in [0.5, 0.6) is 0 Å². The smallest absolute Gasteiger partial charge is 0.276 e. The number of fused-ring (bicyclic) bond motifs is 1. The van der Waals surface area contributed by atoms with Gasteiger partial charge < -0.3 is 14.8 Å². The van der Waals surface area contributed by atoms with Gasteiger partial charge in [0, 0.05) is 37.7 Å². The highest BCUT2D eigenvalue weighted by atomic mass is 19.1. The van der Waals surface area contributed by atoms with E-state index in [1.807, 2.05) is 6.07 Å². The Bertz CT molecular complexity index is 1040. The second kappa shape index (κ2) is 6.84. The summed E-state index contributed by atoms with van der Waals surface area (Å²) in [7, 11) is 0. The Hall–Kier alpha value is -3.49. The quantitative estimate of drug-likeness (QED) is 0.708. The summed E-state index contributed by atoms with van der Waals surface area (Å²) in [6, 6.07) is 9.57. The van der Waals surface area contributed by atoms with E-state index in [1.54, 1.807) is 34.2 Å². The topological polar surface area (TPSA) is 98.0 Å². The molecule has 1 aromatic carbocycles. The molecule has 0 bridgehead atoms. The number of likely N-dealkylation sites (tertiary alicyclic amines) is 2. The summed E-state index contributed by atoms with van der Waals surface area (Å²) in [5.41, 5.74) is 1.52. The Kier molecular flexibility index (Phi) is 4.15. The summed E-state index contributed by atoms with van der Waals surface area (Å²) >= 11 is 0. The molecule has 0 aliphatic carbocycles. The first-order chi connectivity index (χ1) is 14.1. The molecule has 148 valence electrons. The number of hydrogen-bond acceptors (Lipinski definition) is 4. The van der Waals surface area contributed by atoms with Gasteiger partial charge in [-0.2, -0.15) is 15.4 Å². The van der Waals surface area contributed by atoms with Gasteiger partial charge in [-0.15, -0.1) is 0 Å². The lowest BCUT2D eigenvalue weighted by Crippen LogP contribution is -2.37. The molecule has 0 saturated carbocycles. The van der Waals surface area contributed by atoms with Crippen LogP contribution in [0, 0.1) is 17.7 Å². The number of rotatable bonds is 3. The number of benzene rings is 1. The summed E-state index contributed by atoms with van der Waals surface area (Å²) in [5.74, 6) is -0.516. The first-order valence-electron chi connectivity index (χ1n) is 9.46. The number of amides is 2. The molecule has 2 aromatic heterocycles. The summed E-state index contributed by atoms with van der Waals surface area (Å²) in [6.45, 7) is 1.51. The molecule has 5 rings (SSSR count). The molecule has 2 aliphatic rings. The molecule has 0 radical (unpaired) electrons. The van der Waals surface area contributed by atoms with Crippen LogP contribution in [-0.4, -0.2) is 61.6 Å². The lowest BCUT2D eigenvalue weighted by atomic mass is 9.89. The molecule has 2 saturated heterocycles. The van der Waals surface area contributed by atoms with E-state index in [1.165, 1.54) is 18.3 Å². The van der Waals surface area contributed by atoms with Crippen LogP contribution in [0.15, 0.2) is 48.8 Å². The summed E-state index contributed by atoms with van der Waals surface area (Å²) in [6.07, 6.45) is 3.11. The van der Waals surface area contributed by atoms with Crippen molar-refractivity contribution in [2.45, 2.75) is 6.04 Å². The van der Waals surface area contributed by atoms with Gasteiger partial charge in [-0.3, -0.25) is 9.59 Å². The zero-order valence-corrected chi connectivity index (χ0v) is 15.5. The molecule has 3 atom stereocenters. The number of nitrogens with zero attached hydrogens (tertiary/aromatic N) is 4. The van der Waals surface area contributed by atoms with Crippen LogP contribution < -0.4 is 0 Å². The maximum atomic E-state index is 14.0. The molecule has 0 spiro atoms. The average Bonchev–Trinajstić information content (AvgIpc) is 3.51. The van der Waals surface area contributed by atoms with Crippen molar-refractivity contribution < 1.29 is 14.0 Å². The third-order valence-corrected chi connectivity index (χ3v) is 5.86. The Morgan fingerprint density at radius 1 is 1.10 bits per heavy atom. The SMILES string of the molecule is O=C(c1cn[nH]n1)N1C[C@H]2CN(C(=O)c3ccc[nH]3)[C@H](c3cccc(F)c3)[C@H]2C1. The third-order valence-electron chi connectivity index (χ3n) is 5.86. The fourth-order valence-electron chi connectivity index (χ4n) is 4.62. The number of halogens is 1. The highest BCUT2D eigenvalue weighted by Crippen LogP contribution is 2.45. The number of hydrogen-bond donors (Lipinski definition) is 2. The van der Waals surface area contributed by atoms with Crippen LogP contribution in [-0.2, 0) is 0 Å². The number of aromatic nitrogens is 4. The molecule has 3 aromatic rings. The van der Waals surface area contributed by atoms with Crippen molar-refractivity contribution in [3.8, 4) is 0 Å². The molecule has 9 heteroatoms. The Labute approximate surface area is 165 Å². The van der Waals surface area contributed by atoms with Crippen molar-refractivity contribution in [1.29, 1.82) is 0 Å². The molecule has 29 heavy (non-hydrogen) atoms. The van der Waals surface area contributed by atoms with Gasteiger partial charge in [-0.1, -0.05) is 12.1 Å². The van der Waals surface area contributed by atoms with E-state index >= 15 is 0 Å². The molecule has 2 amide bonds. The second-order valence-corrected chi connectivity index (χ2v) is 7.53. The van der Waals surface area contributed by atoms with E-state index in [0.29, 0.717) is 25.3 Å². The van der Waals surface area contributed by atoms with E-state index in [-0.39, 0.29) is 41.2 Å². The minimum Gasteiger partial charge on any atom is -0.357 e. The maximum Gasteiger partial charge on any atom is 0.276 e. The van der Waals surface area contributed by atoms with E-state index in [9.17, 15) is 14.0 Å². The minimum absolute atomic E-state index is 0.0200. The highest BCUT2D eigenvalue weighted by molar-refractivity contribution is 5.93. The number of carbonyl (C=O) groups excluding carboxylic acids is 2. The van der Waals surface area contributed by atoms with Gasteiger partial charge in [0.15, 0.2) is 5.69 Å². The lowest BCUT2D eigenvalue weighted by Gasteiger charge is -2.29. The minimum atomic E-state index is -0.341. The molecule has 2 fully saturated rings. The second-order valence-electron chi connectivity index (χ2n) is 7.53. The van der Waals surface area contributed by atoms with Crippen LogP contribution in [0.3, 0.4) is 0 Å². The zero-order valence-electron chi connectivity index (χ0n) is 15.5. The van der Waals surface area contributed by atoms with Crippen LogP contribution in [0.2, 0.25) is 0 Å². The molecule has 0 unspecified atom stereocenters. The van der Waals surface area contributed by atoms with Crippen molar-refractivity contribution in [2.24, 2.45) is 11.8 Å². The van der Waals surface area contributed by atoms with Crippen LogP contribution in [0.4, 0.5) is 4.39 Å².